The van der Waals surface area contributed by atoms with Gasteiger partial charge in [0.05, 0.1) is 5.56 Å². The molecule has 0 atom stereocenters. The summed E-state index contributed by atoms with van der Waals surface area (Å²) in [7, 11) is 0. The molecule has 3 heteroatoms. The number of carbonyl (C=O) groups is 1. The first-order chi connectivity index (χ1) is 8.31. The van der Waals surface area contributed by atoms with Gasteiger partial charge in [-0.1, -0.05) is 19.8 Å². The van der Waals surface area contributed by atoms with Crippen molar-refractivity contribution in [1.29, 1.82) is 0 Å². The first kappa shape index (κ1) is 12.1. The van der Waals surface area contributed by atoms with Gasteiger partial charge < -0.3 is 4.90 Å². The summed E-state index contributed by atoms with van der Waals surface area (Å²) in [5.74, 6) is 0.950. The third-order valence-electron chi connectivity index (χ3n) is 3.51. The largest absolute Gasteiger partial charge is 0.339 e. The maximum absolute atomic E-state index is 12.2. The van der Waals surface area contributed by atoms with Crippen molar-refractivity contribution < 1.29 is 4.79 Å². The number of amides is 1. The number of rotatable bonds is 3. The van der Waals surface area contributed by atoms with E-state index in [4.69, 9.17) is 0 Å². The van der Waals surface area contributed by atoms with Crippen molar-refractivity contribution in [3.8, 4) is 0 Å². The molecule has 0 radical (unpaired) electrons. The van der Waals surface area contributed by atoms with E-state index in [1.54, 1.807) is 12.4 Å². The Morgan fingerprint density at radius 1 is 1.47 bits per heavy atom. The fourth-order valence-electron chi connectivity index (χ4n) is 2.50. The first-order valence-electron chi connectivity index (χ1n) is 6.50. The van der Waals surface area contributed by atoms with Gasteiger partial charge in [-0.3, -0.25) is 9.78 Å². The highest BCUT2D eigenvalue weighted by Gasteiger charge is 2.22. The van der Waals surface area contributed by atoms with Gasteiger partial charge in [0, 0.05) is 25.5 Å². The molecule has 2 rings (SSSR count). The van der Waals surface area contributed by atoms with Crippen LogP contribution in [0.1, 0.15) is 43.0 Å². The Morgan fingerprint density at radius 2 is 2.24 bits per heavy atom. The fourth-order valence-corrected chi connectivity index (χ4v) is 2.50. The van der Waals surface area contributed by atoms with Crippen LogP contribution in [0.5, 0.6) is 0 Å². The smallest absolute Gasteiger partial charge is 0.255 e. The molecule has 0 unspecified atom stereocenters. The van der Waals surface area contributed by atoms with E-state index in [1.165, 1.54) is 12.8 Å². The van der Waals surface area contributed by atoms with Crippen molar-refractivity contribution in [1.82, 2.24) is 9.88 Å². The van der Waals surface area contributed by atoms with Gasteiger partial charge in [0.15, 0.2) is 0 Å². The monoisotopic (exact) mass is 232 g/mol. The van der Waals surface area contributed by atoms with Crippen LogP contribution in [0.25, 0.3) is 0 Å². The van der Waals surface area contributed by atoms with Crippen LogP contribution in [0.15, 0.2) is 24.5 Å². The molecular weight excluding hydrogens is 212 g/mol. The Hall–Kier alpha value is -1.38. The maximum atomic E-state index is 12.2. The molecule has 1 aliphatic rings. The standard InChI is InChI=1S/C14H20N2O/c1-2-4-12-6-9-16(10-7-12)14(17)13-5-3-8-15-11-13/h3,5,8,11-12H,2,4,6-7,9-10H2,1H3. The van der Waals surface area contributed by atoms with Gasteiger partial charge in [0.1, 0.15) is 0 Å². The minimum atomic E-state index is 0.132. The van der Waals surface area contributed by atoms with Crippen LogP contribution in [0.4, 0.5) is 0 Å². The quantitative estimate of drug-likeness (QED) is 0.802. The number of piperidine rings is 1. The average Bonchev–Trinajstić information content (AvgIpc) is 2.40. The second-order valence-electron chi connectivity index (χ2n) is 4.77. The number of nitrogens with zero attached hydrogens (tertiary/aromatic N) is 2. The highest BCUT2D eigenvalue weighted by molar-refractivity contribution is 5.93. The van der Waals surface area contributed by atoms with Crippen molar-refractivity contribution in [2.75, 3.05) is 13.1 Å². The van der Waals surface area contributed by atoms with E-state index < -0.39 is 0 Å². The van der Waals surface area contributed by atoms with E-state index in [2.05, 4.69) is 11.9 Å². The van der Waals surface area contributed by atoms with Gasteiger partial charge in [-0.15, -0.1) is 0 Å². The molecule has 0 aromatic carbocycles. The summed E-state index contributed by atoms with van der Waals surface area (Å²) in [5, 5.41) is 0. The highest BCUT2D eigenvalue weighted by Crippen LogP contribution is 2.22. The van der Waals surface area contributed by atoms with Gasteiger partial charge in [0.25, 0.3) is 5.91 Å². The summed E-state index contributed by atoms with van der Waals surface area (Å²) in [6.07, 6.45) is 8.21. The van der Waals surface area contributed by atoms with E-state index in [1.807, 2.05) is 17.0 Å². The molecular formula is C14H20N2O. The second-order valence-corrected chi connectivity index (χ2v) is 4.77. The molecule has 0 bridgehead atoms. The molecule has 17 heavy (non-hydrogen) atoms. The summed E-state index contributed by atoms with van der Waals surface area (Å²) in [4.78, 5) is 18.1. The number of pyridine rings is 1. The predicted octanol–water partition coefficient (Wildman–Crippen LogP) is 2.73. The summed E-state index contributed by atoms with van der Waals surface area (Å²) in [5.41, 5.74) is 0.710. The van der Waals surface area contributed by atoms with Crippen LogP contribution in [0, 0.1) is 5.92 Å². The lowest BCUT2D eigenvalue weighted by atomic mass is 9.92. The molecule has 0 aliphatic carbocycles. The molecule has 1 aliphatic heterocycles. The van der Waals surface area contributed by atoms with Crippen molar-refractivity contribution in [2.24, 2.45) is 5.92 Å². The third kappa shape index (κ3) is 3.05. The molecule has 2 heterocycles. The van der Waals surface area contributed by atoms with Crippen molar-refractivity contribution in [3.05, 3.63) is 30.1 Å². The zero-order valence-electron chi connectivity index (χ0n) is 10.4. The molecule has 1 amide bonds. The summed E-state index contributed by atoms with van der Waals surface area (Å²) < 4.78 is 0. The van der Waals surface area contributed by atoms with Gasteiger partial charge in [0.2, 0.25) is 0 Å². The van der Waals surface area contributed by atoms with Crippen LogP contribution in [0.3, 0.4) is 0 Å². The lowest BCUT2D eigenvalue weighted by Crippen LogP contribution is -2.38. The Morgan fingerprint density at radius 3 is 2.82 bits per heavy atom. The lowest BCUT2D eigenvalue weighted by molar-refractivity contribution is 0.0686. The minimum absolute atomic E-state index is 0.132. The summed E-state index contributed by atoms with van der Waals surface area (Å²) in [6, 6.07) is 3.66. The number of likely N-dealkylation sites (tertiary alicyclic amines) is 1. The average molecular weight is 232 g/mol. The highest BCUT2D eigenvalue weighted by atomic mass is 16.2. The van der Waals surface area contributed by atoms with Gasteiger partial charge in [-0.05, 0) is 30.9 Å². The van der Waals surface area contributed by atoms with Gasteiger partial charge >= 0.3 is 0 Å². The molecule has 0 spiro atoms. The van der Waals surface area contributed by atoms with E-state index >= 15 is 0 Å². The summed E-state index contributed by atoms with van der Waals surface area (Å²) in [6.45, 7) is 4.03. The lowest BCUT2D eigenvalue weighted by Gasteiger charge is -2.31. The van der Waals surface area contributed by atoms with Crippen LogP contribution < -0.4 is 0 Å². The van der Waals surface area contributed by atoms with Crippen LogP contribution in [-0.4, -0.2) is 28.9 Å². The third-order valence-corrected chi connectivity index (χ3v) is 3.51. The zero-order valence-corrected chi connectivity index (χ0v) is 10.4. The molecule has 0 N–H and O–H groups in total. The van der Waals surface area contributed by atoms with Crippen LogP contribution in [0.2, 0.25) is 0 Å². The predicted molar refractivity (Wildman–Crippen MR) is 67.8 cm³/mol. The molecule has 1 aromatic rings. The fraction of sp³-hybridized carbons (Fsp3) is 0.571. The van der Waals surface area contributed by atoms with Crippen LogP contribution >= 0.6 is 0 Å². The Bertz CT molecular complexity index is 356. The molecule has 1 fully saturated rings. The van der Waals surface area contributed by atoms with Gasteiger partial charge in [-0.25, -0.2) is 0 Å². The number of aromatic nitrogens is 1. The van der Waals surface area contributed by atoms with Gasteiger partial charge in [-0.2, -0.15) is 0 Å². The Balaban J connectivity index is 1.91. The normalized spacial score (nSPS) is 17.1. The van der Waals surface area contributed by atoms with Crippen molar-refractivity contribution in [2.45, 2.75) is 32.6 Å². The van der Waals surface area contributed by atoms with E-state index in [9.17, 15) is 4.79 Å². The second kappa shape index (κ2) is 5.80. The van der Waals surface area contributed by atoms with E-state index in [-0.39, 0.29) is 5.91 Å². The SMILES string of the molecule is CCCC1CCN(C(=O)c2cccnc2)CC1. The van der Waals surface area contributed by atoms with Crippen molar-refractivity contribution in [3.63, 3.8) is 0 Å². The summed E-state index contributed by atoms with van der Waals surface area (Å²) >= 11 is 0. The Labute approximate surface area is 103 Å². The minimum Gasteiger partial charge on any atom is -0.339 e. The van der Waals surface area contributed by atoms with Crippen molar-refractivity contribution >= 4 is 5.91 Å². The number of hydrogen-bond donors (Lipinski definition) is 0. The topological polar surface area (TPSA) is 33.2 Å². The molecule has 3 nitrogen and oxygen atoms in total. The molecule has 1 aromatic heterocycles. The molecule has 1 saturated heterocycles. The number of hydrogen-bond acceptors (Lipinski definition) is 2. The maximum Gasteiger partial charge on any atom is 0.255 e. The first-order valence-corrected chi connectivity index (χ1v) is 6.50. The van der Waals surface area contributed by atoms with E-state index in [0.717, 1.165) is 31.8 Å². The van der Waals surface area contributed by atoms with E-state index in [0.29, 0.717) is 5.56 Å². The zero-order chi connectivity index (χ0) is 12.1. The Kier molecular flexibility index (Phi) is 4.13. The molecule has 0 saturated carbocycles. The number of carbonyl (C=O) groups excluding carboxylic acids is 1. The molecule has 92 valence electrons. The van der Waals surface area contributed by atoms with Crippen LogP contribution in [-0.2, 0) is 0 Å².